The topological polar surface area (TPSA) is 98.5 Å². The first-order valence-corrected chi connectivity index (χ1v) is 7.78. The third-order valence-electron chi connectivity index (χ3n) is 3.56. The van der Waals surface area contributed by atoms with Gasteiger partial charge in [0.2, 0.25) is 0 Å². The van der Waals surface area contributed by atoms with E-state index in [0.717, 1.165) is 5.69 Å². The second-order valence-corrected chi connectivity index (χ2v) is 5.33. The average molecular weight is 347 g/mol. The van der Waals surface area contributed by atoms with Gasteiger partial charge in [-0.25, -0.2) is 10.2 Å². The van der Waals surface area contributed by atoms with Crippen LogP contribution in [0.15, 0.2) is 78.0 Å². The molecule has 0 aliphatic carbocycles. The maximum Gasteiger partial charge on any atom is 0.339 e. The Hall–Kier alpha value is -3.87. The number of carbonyl (C=O) groups excluding carboxylic acids is 2. The Kier molecular flexibility index (Phi) is 5.09. The number of aromatic carboxylic acids is 1. The number of nitrogens with zero attached hydrogens (tertiary/aromatic N) is 2. The highest BCUT2D eigenvalue weighted by molar-refractivity contribution is 5.90. The first-order valence-electron chi connectivity index (χ1n) is 7.78. The summed E-state index contributed by atoms with van der Waals surface area (Å²) in [6.07, 6.45) is 3.30. The predicted molar refractivity (Wildman–Crippen MR) is 96.3 cm³/mol. The normalized spacial score (nSPS) is 10.6. The zero-order chi connectivity index (χ0) is 18.4. The molecule has 2 amide bonds. The summed E-state index contributed by atoms with van der Waals surface area (Å²) in [7, 11) is 0. The first kappa shape index (κ1) is 17.0. The van der Waals surface area contributed by atoms with Gasteiger partial charge >= 0.3 is 6.03 Å². The Morgan fingerprint density at radius 3 is 2.38 bits per heavy atom. The summed E-state index contributed by atoms with van der Waals surface area (Å²) in [6, 6.07) is 18.5. The van der Waals surface area contributed by atoms with Crippen LogP contribution in [0.5, 0.6) is 0 Å². The van der Waals surface area contributed by atoms with E-state index >= 15 is 0 Å². The van der Waals surface area contributed by atoms with E-state index in [1.54, 1.807) is 35.0 Å². The minimum absolute atomic E-state index is 0.107. The van der Waals surface area contributed by atoms with Crippen molar-refractivity contribution in [1.29, 1.82) is 0 Å². The third-order valence-corrected chi connectivity index (χ3v) is 3.56. The van der Waals surface area contributed by atoms with Gasteiger partial charge in [0.15, 0.2) is 0 Å². The van der Waals surface area contributed by atoms with Crippen LogP contribution in [-0.2, 0) is 0 Å². The first-order chi connectivity index (χ1) is 12.6. The molecular formula is C19H15N4O3-. The van der Waals surface area contributed by atoms with E-state index in [1.165, 1.54) is 18.3 Å². The SMILES string of the molecule is O=C(N/N=C\c1cccn1-c1ccc(C(=O)[O-])cc1)Nc1ccccc1. The molecule has 0 spiro atoms. The van der Waals surface area contributed by atoms with Crippen molar-refractivity contribution in [3.05, 3.63) is 84.2 Å². The van der Waals surface area contributed by atoms with E-state index in [9.17, 15) is 14.7 Å². The maximum absolute atomic E-state index is 11.8. The van der Waals surface area contributed by atoms with Gasteiger partial charge < -0.3 is 19.8 Å². The van der Waals surface area contributed by atoms with E-state index < -0.39 is 12.0 Å². The minimum atomic E-state index is -1.22. The van der Waals surface area contributed by atoms with Crippen LogP contribution < -0.4 is 15.8 Å². The van der Waals surface area contributed by atoms with Crippen molar-refractivity contribution in [2.24, 2.45) is 5.10 Å². The summed E-state index contributed by atoms with van der Waals surface area (Å²) < 4.78 is 1.80. The number of hydrogen-bond acceptors (Lipinski definition) is 4. The van der Waals surface area contributed by atoms with E-state index in [-0.39, 0.29) is 5.56 Å². The van der Waals surface area contributed by atoms with Gasteiger partial charge in [0.1, 0.15) is 0 Å². The quantitative estimate of drug-likeness (QED) is 0.545. The number of hydrogen-bond donors (Lipinski definition) is 2. The van der Waals surface area contributed by atoms with E-state index in [4.69, 9.17) is 0 Å². The number of para-hydroxylation sites is 1. The van der Waals surface area contributed by atoms with Gasteiger partial charge in [-0.05, 0) is 42.0 Å². The number of anilines is 1. The Labute approximate surface area is 149 Å². The molecule has 3 rings (SSSR count). The van der Waals surface area contributed by atoms with Crippen molar-refractivity contribution < 1.29 is 14.7 Å². The van der Waals surface area contributed by atoms with Crippen molar-refractivity contribution in [1.82, 2.24) is 9.99 Å². The molecule has 0 bridgehead atoms. The zero-order valence-electron chi connectivity index (χ0n) is 13.6. The molecule has 0 unspecified atom stereocenters. The molecule has 0 aliphatic heterocycles. The Morgan fingerprint density at radius 2 is 1.69 bits per heavy atom. The summed E-state index contributed by atoms with van der Waals surface area (Å²) in [5, 5.41) is 17.4. The number of urea groups is 1. The lowest BCUT2D eigenvalue weighted by molar-refractivity contribution is -0.255. The molecule has 7 nitrogen and oxygen atoms in total. The molecule has 0 fully saturated rings. The van der Waals surface area contributed by atoms with Gasteiger partial charge in [-0.3, -0.25) is 0 Å². The van der Waals surface area contributed by atoms with Crippen LogP contribution in [0.1, 0.15) is 16.1 Å². The summed E-state index contributed by atoms with van der Waals surface area (Å²) in [5.74, 6) is -1.22. The summed E-state index contributed by atoms with van der Waals surface area (Å²) >= 11 is 0. The molecule has 26 heavy (non-hydrogen) atoms. The fourth-order valence-corrected chi connectivity index (χ4v) is 2.33. The highest BCUT2D eigenvalue weighted by atomic mass is 16.4. The maximum atomic E-state index is 11.8. The predicted octanol–water partition coefficient (Wildman–Crippen LogP) is 2.00. The molecule has 130 valence electrons. The number of rotatable bonds is 5. The molecule has 0 saturated carbocycles. The van der Waals surface area contributed by atoms with Crippen LogP contribution in [0.3, 0.4) is 0 Å². The second kappa shape index (κ2) is 7.80. The lowest BCUT2D eigenvalue weighted by Gasteiger charge is -2.08. The molecule has 0 saturated heterocycles. The monoisotopic (exact) mass is 347 g/mol. The van der Waals surface area contributed by atoms with Gasteiger partial charge in [-0.1, -0.05) is 30.3 Å². The van der Waals surface area contributed by atoms with Crippen molar-refractivity contribution in [2.75, 3.05) is 5.32 Å². The van der Waals surface area contributed by atoms with Gasteiger partial charge in [0, 0.05) is 17.6 Å². The molecule has 7 heteroatoms. The smallest absolute Gasteiger partial charge is 0.339 e. The van der Waals surface area contributed by atoms with Crippen molar-refractivity contribution in [3.8, 4) is 5.69 Å². The number of carbonyl (C=O) groups is 2. The molecule has 0 radical (unpaired) electrons. The lowest BCUT2D eigenvalue weighted by Crippen LogP contribution is -2.24. The zero-order valence-corrected chi connectivity index (χ0v) is 13.6. The standard InChI is InChI=1S/C19H16N4O3/c24-18(25)14-8-10-16(11-9-14)23-12-4-7-17(23)13-20-22-19(26)21-15-5-2-1-3-6-15/h1-13H,(H,24,25)(H2,21,22,26)/p-1/b20-13-. The second-order valence-electron chi connectivity index (χ2n) is 5.33. The molecule has 3 aromatic rings. The molecular weight excluding hydrogens is 332 g/mol. The van der Waals surface area contributed by atoms with Crippen LogP contribution in [0, 0.1) is 0 Å². The summed E-state index contributed by atoms with van der Waals surface area (Å²) in [5.41, 5.74) is 4.64. The average Bonchev–Trinajstić information content (AvgIpc) is 3.11. The Bertz CT molecular complexity index is 931. The lowest BCUT2D eigenvalue weighted by atomic mass is 10.2. The van der Waals surface area contributed by atoms with Crippen molar-refractivity contribution in [2.45, 2.75) is 0 Å². The van der Waals surface area contributed by atoms with Crippen LogP contribution in [0.25, 0.3) is 5.69 Å². The number of nitrogens with one attached hydrogen (secondary N) is 2. The fraction of sp³-hybridized carbons (Fsp3) is 0. The summed E-state index contributed by atoms with van der Waals surface area (Å²) in [4.78, 5) is 22.6. The van der Waals surface area contributed by atoms with E-state index in [0.29, 0.717) is 11.4 Å². The molecule has 1 aromatic heterocycles. The van der Waals surface area contributed by atoms with E-state index in [2.05, 4.69) is 15.8 Å². The largest absolute Gasteiger partial charge is 0.545 e. The molecule has 0 atom stereocenters. The molecule has 2 aromatic carbocycles. The molecule has 2 N–H and O–H groups in total. The highest BCUT2D eigenvalue weighted by Gasteiger charge is 2.03. The third kappa shape index (κ3) is 4.15. The number of carboxylic acid groups (broad SMARTS) is 1. The van der Waals surface area contributed by atoms with Crippen LogP contribution >= 0.6 is 0 Å². The number of aromatic nitrogens is 1. The van der Waals surface area contributed by atoms with Crippen LogP contribution in [-0.4, -0.2) is 22.8 Å². The minimum Gasteiger partial charge on any atom is -0.545 e. The molecule has 0 aliphatic rings. The number of hydrazone groups is 1. The highest BCUT2D eigenvalue weighted by Crippen LogP contribution is 2.12. The fourth-order valence-electron chi connectivity index (χ4n) is 2.33. The van der Waals surface area contributed by atoms with E-state index in [1.807, 2.05) is 30.3 Å². The van der Waals surface area contributed by atoms with Crippen LogP contribution in [0.4, 0.5) is 10.5 Å². The number of amides is 2. The van der Waals surface area contributed by atoms with Crippen LogP contribution in [0.2, 0.25) is 0 Å². The van der Waals surface area contributed by atoms with Gasteiger partial charge in [-0.15, -0.1) is 0 Å². The van der Waals surface area contributed by atoms with Crippen molar-refractivity contribution in [3.63, 3.8) is 0 Å². The summed E-state index contributed by atoms with van der Waals surface area (Å²) in [6.45, 7) is 0. The Morgan fingerprint density at radius 1 is 0.962 bits per heavy atom. The Balaban J connectivity index is 1.66. The van der Waals surface area contributed by atoms with Crippen molar-refractivity contribution >= 4 is 23.9 Å². The van der Waals surface area contributed by atoms with Gasteiger partial charge in [0.05, 0.1) is 17.9 Å². The number of carboxylic acids is 1. The van der Waals surface area contributed by atoms with Gasteiger partial charge in [0.25, 0.3) is 0 Å². The molecule has 1 heterocycles. The number of benzene rings is 2. The van der Waals surface area contributed by atoms with Gasteiger partial charge in [-0.2, -0.15) is 5.10 Å².